The number of anilines is 2. The zero-order valence-electron chi connectivity index (χ0n) is 26.7. The molecule has 47 heavy (non-hydrogen) atoms. The lowest BCUT2D eigenvalue weighted by Gasteiger charge is -2.18. The minimum atomic E-state index is -0.559. The second kappa shape index (κ2) is 16.6. The summed E-state index contributed by atoms with van der Waals surface area (Å²) in [6, 6.07) is 24.4. The van der Waals surface area contributed by atoms with Gasteiger partial charge in [0.25, 0.3) is 11.8 Å². The van der Waals surface area contributed by atoms with E-state index in [1.807, 2.05) is 19.9 Å². The Kier molecular flexibility index (Phi) is 12.3. The number of ether oxygens (including phenoxy) is 3. The molecule has 0 aliphatic carbocycles. The van der Waals surface area contributed by atoms with Crippen LogP contribution in [0.25, 0.3) is 6.08 Å². The molecule has 0 radical (unpaired) electrons. The van der Waals surface area contributed by atoms with Crippen molar-refractivity contribution in [3.8, 4) is 17.2 Å². The quantitative estimate of drug-likeness (QED) is 0.0989. The van der Waals surface area contributed by atoms with E-state index in [0.29, 0.717) is 51.2 Å². The molecule has 0 saturated heterocycles. The van der Waals surface area contributed by atoms with Crippen LogP contribution in [0.15, 0.2) is 95.5 Å². The summed E-state index contributed by atoms with van der Waals surface area (Å²) >= 11 is 7.59. The van der Waals surface area contributed by atoms with Crippen LogP contribution in [0.5, 0.6) is 17.2 Å². The van der Waals surface area contributed by atoms with Gasteiger partial charge in [0.15, 0.2) is 11.5 Å². The van der Waals surface area contributed by atoms with Crippen LogP contribution in [0, 0.1) is 6.92 Å². The molecule has 0 heterocycles. The largest absolute Gasteiger partial charge is 0.495 e. The highest BCUT2D eigenvalue weighted by molar-refractivity contribution is 8.00. The van der Waals surface area contributed by atoms with Gasteiger partial charge in [0, 0.05) is 32.8 Å². The van der Waals surface area contributed by atoms with Gasteiger partial charge in [0.2, 0.25) is 5.91 Å². The molecule has 1 unspecified atom stereocenters. The zero-order valence-corrected chi connectivity index (χ0v) is 28.3. The van der Waals surface area contributed by atoms with E-state index >= 15 is 0 Å². The van der Waals surface area contributed by atoms with E-state index in [1.165, 1.54) is 39.2 Å². The second-order valence-corrected chi connectivity index (χ2v) is 11.9. The van der Waals surface area contributed by atoms with Gasteiger partial charge in [0.1, 0.15) is 11.4 Å². The molecule has 4 rings (SSSR count). The van der Waals surface area contributed by atoms with Crippen molar-refractivity contribution < 1.29 is 28.6 Å². The lowest BCUT2D eigenvalue weighted by Crippen LogP contribution is -2.30. The molecule has 4 aromatic carbocycles. The second-order valence-electron chi connectivity index (χ2n) is 10.2. The van der Waals surface area contributed by atoms with Crippen LogP contribution in [-0.4, -0.2) is 44.3 Å². The molecule has 1 atom stereocenters. The fourth-order valence-corrected chi connectivity index (χ4v) is 5.77. The maximum Gasteiger partial charge on any atom is 0.272 e. The van der Waals surface area contributed by atoms with Gasteiger partial charge < -0.3 is 30.2 Å². The molecule has 0 aliphatic heterocycles. The number of methoxy groups -OCH3 is 3. The van der Waals surface area contributed by atoms with E-state index in [4.69, 9.17) is 25.8 Å². The Morgan fingerprint density at radius 2 is 1.57 bits per heavy atom. The highest BCUT2D eigenvalue weighted by atomic mass is 35.5. The van der Waals surface area contributed by atoms with Crippen molar-refractivity contribution in [3.63, 3.8) is 0 Å². The topological polar surface area (TPSA) is 115 Å². The average Bonchev–Trinajstić information content (AvgIpc) is 3.08. The number of hydrogen-bond donors (Lipinski definition) is 3. The number of nitrogens with one attached hydrogen (secondary N) is 3. The number of thioether (sulfide) groups is 1. The summed E-state index contributed by atoms with van der Waals surface area (Å²) in [5, 5.41) is 8.67. The number of para-hydroxylation sites is 1. The van der Waals surface area contributed by atoms with Crippen molar-refractivity contribution in [1.29, 1.82) is 0 Å². The molecule has 0 spiro atoms. The first-order valence-electron chi connectivity index (χ1n) is 14.7. The summed E-state index contributed by atoms with van der Waals surface area (Å²) in [6.07, 6.45) is 2.07. The third kappa shape index (κ3) is 9.08. The number of carbonyl (C=O) groups is 3. The smallest absolute Gasteiger partial charge is 0.272 e. The summed E-state index contributed by atoms with van der Waals surface area (Å²) in [5.74, 6) is 0.127. The van der Waals surface area contributed by atoms with E-state index in [0.717, 1.165) is 10.5 Å². The maximum atomic E-state index is 13.7. The van der Waals surface area contributed by atoms with Crippen LogP contribution in [0.4, 0.5) is 11.4 Å². The molecule has 11 heteroatoms. The highest BCUT2D eigenvalue weighted by Gasteiger charge is 2.21. The van der Waals surface area contributed by atoms with Crippen molar-refractivity contribution in [2.45, 2.75) is 30.4 Å². The first-order valence-corrected chi connectivity index (χ1v) is 15.9. The standard InChI is InChI=1S/C36H36ClN3O6S/c1-6-32(36(43)39-28-18-22(2)27(37)21-31(28)45-4)47-26-16-11-15-25(20-26)38-35(42)29(40-34(41)23-12-8-7-9-13-23)19-24-14-10-17-30(44-3)33(24)46-5/h7-21,32H,6H2,1-5H3,(H,38,42)(H,39,43)(H,40,41)/b29-19+. The van der Waals surface area contributed by atoms with E-state index in [2.05, 4.69) is 16.0 Å². The maximum absolute atomic E-state index is 13.7. The molecule has 3 amide bonds. The molecule has 0 fully saturated rings. The van der Waals surface area contributed by atoms with Crippen LogP contribution in [0.2, 0.25) is 5.02 Å². The van der Waals surface area contributed by atoms with Gasteiger partial charge in [-0.1, -0.05) is 54.9 Å². The Morgan fingerprint density at radius 3 is 2.26 bits per heavy atom. The van der Waals surface area contributed by atoms with Crippen LogP contribution < -0.4 is 30.2 Å². The summed E-state index contributed by atoms with van der Waals surface area (Å²) in [5.41, 5.74) is 2.72. The molecule has 0 aromatic heterocycles. The Labute approximate surface area is 283 Å². The molecule has 0 aliphatic rings. The van der Waals surface area contributed by atoms with Gasteiger partial charge in [0.05, 0.1) is 32.3 Å². The average molecular weight is 674 g/mol. The molecule has 9 nitrogen and oxygen atoms in total. The highest BCUT2D eigenvalue weighted by Crippen LogP contribution is 2.34. The minimum Gasteiger partial charge on any atom is -0.495 e. The summed E-state index contributed by atoms with van der Waals surface area (Å²) in [4.78, 5) is 40.9. The molecule has 4 aromatic rings. The summed E-state index contributed by atoms with van der Waals surface area (Å²) < 4.78 is 16.4. The molecule has 0 saturated carbocycles. The van der Waals surface area contributed by atoms with Crippen molar-refractivity contribution in [2.24, 2.45) is 0 Å². The van der Waals surface area contributed by atoms with Crippen molar-refractivity contribution in [2.75, 3.05) is 32.0 Å². The lowest BCUT2D eigenvalue weighted by molar-refractivity contribution is -0.116. The monoisotopic (exact) mass is 673 g/mol. The molecule has 244 valence electrons. The van der Waals surface area contributed by atoms with Crippen molar-refractivity contribution >= 4 is 58.5 Å². The lowest BCUT2D eigenvalue weighted by atomic mass is 10.1. The predicted molar refractivity (Wildman–Crippen MR) is 188 cm³/mol. The zero-order chi connectivity index (χ0) is 33.9. The fraction of sp³-hybridized carbons (Fsp3) is 0.194. The van der Waals surface area contributed by atoms with Crippen molar-refractivity contribution in [3.05, 3.63) is 112 Å². The number of amides is 3. The van der Waals surface area contributed by atoms with Gasteiger partial charge in [-0.3, -0.25) is 14.4 Å². The van der Waals surface area contributed by atoms with E-state index in [1.54, 1.807) is 78.9 Å². The summed E-state index contributed by atoms with van der Waals surface area (Å²) in [6.45, 7) is 3.77. The number of halogens is 1. The van der Waals surface area contributed by atoms with Crippen LogP contribution in [-0.2, 0) is 9.59 Å². The van der Waals surface area contributed by atoms with Crippen molar-refractivity contribution in [1.82, 2.24) is 5.32 Å². The third-order valence-corrected chi connectivity index (χ3v) is 8.80. The minimum absolute atomic E-state index is 0.0125. The van der Waals surface area contributed by atoms with Gasteiger partial charge in [-0.05, 0) is 67.4 Å². The fourth-order valence-electron chi connectivity index (χ4n) is 4.60. The van der Waals surface area contributed by atoms with Crippen LogP contribution in [0.3, 0.4) is 0 Å². The number of hydrogen-bond acceptors (Lipinski definition) is 7. The molecular weight excluding hydrogens is 638 g/mol. The molecule has 0 bridgehead atoms. The SMILES string of the molecule is CCC(Sc1cccc(NC(=O)/C(=C\c2cccc(OC)c2OC)NC(=O)c2ccccc2)c1)C(=O)Nc1cc(C)c(Cl)cc1OC. The van der Waals surface area contributed by atoms with E-state index in [-0.39, 0.29) is 11.6 Å². The number of benzene rings is 4. The first-order chi connectivity index (χ1) is 22.7. The Hall–Kier alpha value is -4.93. The molecule has 3 N–H and O–H groups in total. The van der Waals surface area contributed by atoms with Gasteiger partial charge in [-0.15, -0.1) is 11.8 Å². The van der Waals surface area contributed by atoms with Gasteiger partial charge >= 0.3 is 0 Å². The first kappa shape index (κ1) is 34.9. The molecular formula is C36H36ClN3O6S. The van der Waals surface area contributed by atoms with Gasteiger partial charge in [-0.2, -0.15) is 0 Å². The predicted octanol–water partition coefficient (Wildman–Crippen LogP) is 7.59. The van der Waals surface area contributed by atoms with E-state index in [9.17, 15) is 14.4 Å². The number of carbonyl (C=O) groups excluding carboxylic acids is 3. The Balaban J connectivity index is 1.56. The number of rotatable bonds is 13. The normalized spacial score (nSPS) is 11.7. The number of aryl methyl sites for hydroxylation is 1. The third-order valence-electron chi connectivity index (χ3n) is 7.03. The summed E-state index contributed by atoms with van der Waals surface area (Å²) in [7, 11) is 4.53. The Bertz CT molecular complexity index is 1780. The van der Waals surface area contributed by atoms with Crippen LogP contribution in [0.1, 0.15) is 34.8 Å². The van der Waals surface area contributed by atoms with Gasteiger partial charge in [-0.25, -0.2) is 0 Å². The van der Waals surface area contributed by atoms with E-state index < -0.39 is 17.1 Å². The Morgan fingerprint density at radius 1 is 0.851 bits per heavy atom. The van der Waals surface area contributed by atoms with Crippen LogP contribution >= 0.6 is 23.4 Å².